The van der Waals surface area contributed by atoms with Gasteiger partial charge in [-0.2, -0.15) is 0 Å². The minimum Gasteiger partial charge on any atom is -0.292 e. The van der Waals surface area contributed by atoms with Gasteiger partial charge in [0.25, 0.3) is 5.56 Å². The van der Waals surface area contributed by atoms with Crippen LogP contribution in [-0.4, -0.2) is 14.5 Å². The SMILES string of the molecule is Cc1nc(Cl)cc(=O)n1Cc1ccnc2ccccc12. The lowest BCUT2D eigenvalue weighted by molar-refractivity contribution is 0.703. The lowest BCUT2D eigenvalue weighted by Gasteiger charge is -2.11. The molecule has 0 unspecified atom stereocenters. The maximum Gasteiger partial charge on any atom is 0.255 e. The topological polar surface area (TPSA) is 47.8 Å². The Hall–Kier alpha value is -2.20. The van der Waals surface area contributed by atoms with Gasteiger partial charge in [-0.3, -0.25) is 14.3 Å². The Balaban J connectivity index is 2.13. The summed E-state index contributed by atoms with van der Waals surface area (Å²) in [5.41, 5.74) is 1.80. The first-order chi connectivity index (χ1) is 9.65. The molecule has 3 aromatic rings. The number of para-hydroxylation sites is 1. The van der Waals surface area contributed by atoms with Crippen LogP contribution < -0.4 is 5.56 Å². The number of benzene rings is 1. The summed E-state index contributed by atoms with van der Waals surface area (Å²) < 4.78 is 1.60. The van der Waals surface area contributed by atoms with Gasteiger partial charge in [-0.15, -0.1) is 0 Å². The summed E-state index contributed by atoms with van der Waals surface area (Å²) in [6, 6.07) is 11.1. The van der Waals surface area contributed by atoms with E-state index in [4.69, 9.17) is 11.6 Å². The average Bonchev–Trinajstić information content (AvgIpc) is 2.43. The summed E-state index contributed by atoms with van der Waals surface area (Å²) in [5, 5.41) is 1.26. The summed E-state index contributed by atoms with van der Waals surface area (Å²) in [4.78, 5) is 20.5. The monoisotopic (exact) mass is 285 g/mol. The van der Waals surface area contributed by atoms with Crippen molar-refractivity contribution >= 4 is 22.5 Å². The molecule has 0 radical (unpaired) electrons. The van der Waals surface area contributed by atoms with Crippen LogP contribution in [0.2, 0.25) is 5.15 Å². The maximum atomic E-state index is 12.0. The van der Waals surface area contributed by atoms with Crippen molar-refractivity contribution in [3.05, 3.63) is 69.5 Å². The zero-order valence-electron chi connectivity index (χ0n) is 10.9. The first kappa shape index (κ1) is 12.8. The van der Waals surface area contributed by atoms with E-state index in [-0.39, 0.29) is 10.7 Å². The summed E-state index contributed by atoms with van der Waals surface area (Å²) in [7, 11) is 0. The summed E-state index contributed by atoms with van der Waals surface area (Å²) in [5.74, 6) is 0.600. The van der Waals surface area contributed by atoms with Gasteiger partial charge in [0.2, 0.25) is 0 Å². The van der Waals surface area contributed by atoms with E-state index in [1.54, 1.807) is 17.7 Å². The Labute approximate surface area is 120 Å². The molecule has 0 bridgehead atoms. The van der Waals surface area contributed by atoms with Crippen LogP contribution in [0.1, 0.15) is 11.4 Å². The second-order valence-corrected chi connectivity index (χ2v) is 4.92. The normalized spacial score (nSPS) is 10.9. The Morgan fingerprint density at radius 3 is 2.85 bits per heavy atom. The highest BCUT2D eigenvalue weighted by Crippen LogP contribution is 2.17. The van der Waals surface area contributed by atoms with Crippen LogP contribution in [0, 0.1) is 6.92 Å². The molecule has 4 nitrogen and oxygen atoms in total. The maximum absolute atomic E-state index is 12.0. The van der Waals surface area contributed by atoms with Gasteiger partial charge < -0.3 is 0 Å². The first-order valence-corrected chi connectivity index (χ1v) is 6.59. The van der Waals surface area contributed by atoms with Gasteiger partial charge in [0.05, 0.1) is 12.1 Å². The van der Waals surface area contributed by atoms with Crippen LogP contribution in [-0.2, 0) is 6.54 Å². The third-order valence-electron chi connectivity index (χ3n) is 3.24. The van der Waals surface area contributed by atoms with E-state index >= 15 is 0 Å². The number of aryl methyl sites for hydroxylation is 1. The molecule has 0 saturated heterocycles. The molecule has 0 saturated carbocycles. The highest BCUT2D eigenvalue weighted by atomic mass is 35.5. The quantitative estimate of drug-likeness (QED) is 0.680. The van der Waals surface area contributed by atoms with E-state index < -0.39 is 0 Å². The lowest BCUT2D eigenvalue weighted by atomic mass is 10.1. The third-order valence-corrected chi connectivity index (χ3v) is 3.43. The molecule has 2 heterocycles. The van der Waals surface area contributed by atoms with Gasteiger partial charge in [-0.1, -0.05) is 29.8 Å². The zero-order valence-corrected chi connectivity index (χ0v) is 11.6. The van der Waals surface area contributed by atoms with Crippen molar-refractivity contribution in [3.63, 3.8) is 0 Å². The Morgan fingerprint density at radius 1 is 1.25 bits per heavy atom. The fraction of sp³-hybridized carbons (Fsp3) is 0.133. The molecular formula is C15H12ClN3O. The number of halogens is 1. The van der Waals surface area contributed by atoms with Crippen molar-refractivity contribution in [2.75, 3.05) is 0 Å². The van der Waals surface area contributed by atoms with Gasteiger partial charge in [0.15, 0.2) is 0 Å². The molecule has 0 aliphatic carbocycles. The molecule has 0 atom stereocenters. The molecule has 100 valence electrons. The molecular weight excluding hydrogens is 274 g/mol. The second-order valence-electron chi connectivity index (χ2n) is 4.54. The highest BCUT2D eigenvalue weighted by Gasteiger charge is 2.07. The number of rotatable bonds is 2. The number of hydrogen-bond donors (Lipinski definition) is 0. The zero-order chi connectivity index (χ0) is 14.1. The predicted molar refractivity (Wildman–Crippen MR) is 79.1 cm³/mol. The number of hydrogen-bond acceptors (Lipinski definition) is 3. The van der Waals surface area contributed by atoms with Crippen LogP contribution in [0.5, 0.6) is 0 Å². The molecule has 0 aliphatic rings. The van der Waals surface area contributed by atoms with Crippen molar-refractivity contribution in [3.8, 4) is 0 Å². The highest BCUT2D eigenvalue weighted by molar-refractivity contribution is 6.29. The van der Waals surface area contributed by atoms with Crippen molar-refractivity contribution < 1.29 is 0 Å². The van der Waals surface area contributed by atoms with Crippen molar-refractivity contribution in [1.29, 1.82) is 0 Å². The van der Waals surface area contributed by atoms with Crippen LogP contribution in [0.15, 0.2) is 47.4 Å². The molecule has 0 fully saturated rings. The van der Waals surface area contributed by atoms with E-state index in [0.29, 0.717) is 12.4 Å². The lowest BCUT2D eigenvalue weighted by Crippen LogP contribution is -2.23. The molecule has 1 aromatic carbocycles. The standard InChI is InChI=1S/C15H12ClN3O/c1-10-18-14(16)8-15(20)19(10)9-11-6-7-17-13-5-3-2-4-12(11)13/h2-8H,9H2,1H3. The molecule has 20 heavy (non-hydrogen) atoms. The van der Waals surface area contributed by atoms with E-state index in [1.807, 2.05) is 30.3 Å². The van der Waals surface area contributed by atoms with Gasteiger partial charge in [-0.05, 0) is 24.6 Å². The number of aromatic nitrogens is 3. The number of nitrogens with zero attached hydrogens (tertiary/aromatic N) is 3. The fourth-order valence-corrected chi connectivity index (χ4v) is 2.46. The van der Waals surface area contributed by atoms with Crippen molar-refractivity contribution in [2.45, 2.75) is 13.5 Å². The van der Waals surface area contributed by atoms with Crippen LogP contribution in [0.25, 0.3) is 10.9 Å². The second kappa shape index (κ2) is 5.06. The van der Waals surface area contributed by atoms with Crippen molar-refractivity contribution in [1.82, 2.24) is 14.5 Å². The van der Waals surface area contributed by atoms with E-state index in [9.17, 15) is 4.79 Å². The molecule has 0 aliphatic heterocycles. The van der Waals surface area contributed by atoms with E-state index in [0.717, 1.165) is 16.5 Å². The van der Waals surface area contributed by atoms with Gasteiger partial charge in [0.1, 0.15) is 11.0 Å². The average molecular weight is 286 g/mol. The molecule has 0 spiro atoms. The molecule has 2 aromatic heterocycles. The molecule has 3 rings (SSSR count). The molecule has 0 amide bonds. The van der Waals surface area contributed by atoms with Crippen LogP contribution in [0.3, 0.4) is 0 Å². The Morgan fingerprint density at radius 2 is 2.05 bits per heavy atom. The summed E-state index contributed by atoms with van der Waals surface area (Å²) in [6.45, 7) is 2.23. The van der Waals surface area contributed by atoms with E-state index in [2.05, 4.69) is 9.97 Å². The minimum absolute atomic E-state index is 0.150. The summed E-state index contributed by atoms with van der Waals surface area (Å²) in [6.07, 6.45) is 1.75. The number of fused-ring (bicyclic) bond motifs is 1. The van der Waals surface area contributed by atoms with Crippen LogP contribution >= 0.6 is 11.6 Å². The van der Waals surface area contributed by atoms with Gasteiger partial charge >= 0.3 is 0 Å². The first-order valence-electron chi connectivity index (χ1n) is 6.22. The van der Waals surface area contributed by atoms with Gasteiger partial charge in [0, 0.05) is 17.6 Å². The largest absolute Gasteiger partial charge is 0.292 e. The van der Waals surface area contributed by atoms with E-state index in [1.165, 1.54) is 6.07 Å². The molecule has 0 N–H and O–H groups in total. The predicted octanol–water partition coefficient (Wildman–Crippen LogP) is 2.80. The fourth-order valence-electron chi connectivity index (χ4n) is 2.24. The Kier molecular flexibility index (Phi) is 3.24. The third kappa shape index (κ3) is 2.30. The van der Waals surface area contributed by atoms with Crippen LogP contribution in [0.4, 0.5) is 0 Å². The van der Waals surface area contributed by atoms with Gasteiger partial charge in [-0.25, -0.2) is 4.98 Å². The summed E-state index contributed by atoms with van der Waals surface area (Å²) >= 11 is 5.79. The Bertz CT molecular complexity index is 837. The molecule has 5 heteroatoms. The number of pyridine rings is 1. The van der Waals surface area contributed by atoms with Crippen molar-refractivity contribution in [2.24, 2.45) is 0 Å². The smallest absolute Gasteiger partial charge is 0.255 e. The minimum atomic E-state index is -0.150.